The number of hydrogen-bond donors (Lipinski definition) is 1. The lowest BCUT2D eigenvalue weighted by molar-refractivity contribution is 0.254. The minimum Gasteiger partial charge on any atom is -0.496 e. The van der Waals surface area contributed by atoms with E-state index in [0.29, 0.717) is 6.04 Å². The zero-order valence-electron chi connectivity index (χ0n) is 13.2. The number of likely N-dealkylation sites (N-methyl/N-ethyl adjacent to an activating group) is 1. The molecule has 2 unspecified atom stereocenters. The van der Waals surface area contributed by atoms with Crippen molar-refractivity contribution in [2.24, 2.45) is 0 Å². The average molecular weight is 278 g/mol. The highest BCUT2D eigenvalue weighted by atomic mass is 16.5. The summed E-state index contributed by atoms with van der Waals surface area (Å²) in [6.07, 6.45) is 1.24. The lowest BCUT2D eigenvalue weighted by atomic mass is 10.1. The van der Waals surface area contributed by atoms with Crippen LogP contribution < -0.4 is 14.8 Å². The second kappa shape index (κ2) is 6.46. The molecule has 112 valence electrons. The van der Waals surface area contributed by atoms with Gasteiger partial charge in [-0.2, -0.15) is 0 Å². The standard InChI is InChI=1S/C16H26N2O2/c1-11(10-18(3)4)17-9-14-8-16-13(6-12(2)20-16)7-15(14)19-5/h7-8,11-12,17H,6,9-10H2,1-5H3. The van der Waals surface area contributed by atoms with Crippen molar-refractivity contribution in [3.05, 3.63) is 23.3 Å². The largest absolute Gasteiger partial charge is 0.496 e. The predicted octanol–water partition coefficient (Wildman–Crippen LogP) is 2.06. The van der Waals surface area contributed by atoms with Crippen LogP contribution in [0.25, 0.3) is 0 Å². The van der Waals surface area contributed by atoms with Crippen molar-refractivity contribution in [3.8, 4) is 11.5 Å². The van der Waals surface area contributed by atoms with Gasteiger partial charge in [0.15, 0.2) is 0 Å². The summed E-state index contributed by atoms with van der Waals surface area (Å²) in [6.45, 7) is 6.10. The van der Waals surface area contributed by atoms with E-state index in [1.54, 1.807) is 7.11 Å². The molecule has 0 fully saturated rings. The predicted molar refractivity (Wildman–Crippen MR) is 81.6 cm³/mol. The molecule has 1 heterocycles. The van der Waals surface area contributed by atoms with E-state index in [-0.39, 0.29) is 6.10 Å². The molecule has 4 nitrogen and oxygen atoms in total. The Hall–Kier alpha value is -1.26. The summed E-state index contributed by atoms with van der Waals surface area (Å²) in [4.78, 5) is 2.18. The van der Waals surface area contributed by atoms with Crippen molar-refractivity contribution in [1.82, 2.24) is 10.2 Å². The lowest BCUT2D eigenvalue weighted by Gasteiger charge is -2.19. The van der Waals surface area contributed by atoms with E-state index in [0.717, 1.165) is 36.6 Å². The van der Waals surface area contributed by atoms with Gasteiger partial charge in [0.25, 0.3) is 0 Å². The third kappa shape index (κ3) is 3.64. The van der Waals surface area contributed by atoms with Crippen LogP contribution in [0.4, 0.5) is 0 Å². The summed E-state index contributed by atoms with van der Waals surface area (Å²) in [6, 6.07) is 4.67. The van der Waals surface area contributed by atoms with Crippen molar-refractivity contribution < 1.29 is 9.47 Å². The molecular formula is C16H26N2O2. The Labute approximate surface area is 122 Å². The summed E-state index contributed by atoms with van der Waals surface area (Å²) in [5.74, 6) is 1.96. The molecule has 2 rings (SSSR count). The fourth-order valence-corrected chi connectivity index (χ4v) is 2.71. The molecule has 0 aliphatic carbocycles. The quantitative estimate of drug-likeness (QED) is 0.863. The van der Waals surface area contributed by atoms with E-state index < -0.39 is 0 Å². The highest BCUT2D eigenvalue weighted by Gasteiger charge is 2.21. The summed E-state index contributed by atoms with van der Waals surface area (Å²) in [5.41, 5.74) is 2.41. The Morgan fingerprint density at radius 3 is 2.85 bits per heavy atom. The number of methoxy groups -OCH3 is 1. The maximum atomic E-state index is 5.83. The highest BCUT2D eigenvalue weighted by Crippen LogP contribution is 2.34. The summed E-state index contributed by atoms with van der Waals surface area (Å²) in [7, 11) is 5.90. The third-order valence-electron chi connectivity index (χ3n) is 3.58. The highest BCUT2D eigenvalue weighted by molar-refractivity contribution is 5.48. The van der Waals surface area contributed by atoms with Gasteiger partial charge in [-0.05, 0) is 40.1 Å². The van der Waals surface area contributed by atoms with Crippen molar-refractivity contribution in [2.75, 3.05) is 27.7 Å². The third-order valence-corrected chi connectivity index (χ3v) is 3.58. The van der Waals surface area contributed by atoms with Crippen molar-refractivity contribution >= 4 is 0 Å². The van der Waals surface area contributed by atoms with Gasteiger partial charge in [-0.15, -0.1) is 0 Å². The van der Waals surface area contributed by atoms with Gasteiger partial charge in [0.1, 0.15) is 17.6 Å². The molecular weight excluding hydrogens is 252 g/mol. The molecule has 20 heavy (non-hydrogen) atoms. The van der Waals surface area contributed by atoms with Crippen LogP contribution >= 0.6 is 0 Å². The number of nitrogens with one attached hydrogen (secondary N) is 1. The Bertz CT molecular complexity index is 460. The number of hydrogen-bond acceptors (Lipinski definition) is 4. The molecule has 0 radical (unpaired) electrons. The maximum Gasteiger partial charge on any atom is 0.123 e. The Morgan fingerprint density at radius 2 is 2.20 bits per heavy atom. The number of nitrogens with zero attached hydrogens (tertiary/aromatic N) is 1. The normalized spacial score (nSPS) is 18.8. The molecule has 2 atom stereocenters. The summed E-state index contributed by atoms with van der Waals surface area (Å²) < 4.78 is 11.3. The fourth-order valence-electron chi connectivity index (χ4n) is 2.71. The van der Waals surface area contributed by atoms with Crippen LogP contribution in [0, 0.1) is 0 Å². The van der Waals surface area contributed by atoms with Gasteiger partial charge in [0.2, 0.25) is 0 Å². The first-order valence-electron chi connectivity index (χ1n) is 7.24. The van der Waals surface area contributed by atoms with Crippen molar-refractivity contribution in [1.29, 1.82) is 0 Å². The monoisotopic (exact) mass is 278 g/mol. The molecule has 0 spiro atoms. The lowest BCUT2D eigenvalue weighted by Crippen LogP contribution is -2.35. The topological polar surface area (TPSA) is 33.7 Å². The van der Waals surface area contributed by atoms with E-state index in [1.807, 2.05) is 0 Å². The number of ether oxygens (including phenoxy) is 2. The Morgan fingerprint density at radius 1 is 1.45 bits per heavy atom. The van der Waals surface area contributed by atoms with Crippen molar-refractivity contribution in [3.63, 3.8) is 0 Å². The van der Waals surface area contributed by atoms with Gasteiger partial charge < -0.3 is 19.7 Å². The molecule has 1 aliphatic rings. The van der Waals surface area contributed by atoms with Gasteiger partial charge in [-0.3, -0.25) is 0 Å². The van der Waals surface area contributed by atoms with Crippen LogP contribution in [0.3, 0.4) is 0 Å². The summed E-state index contributed by atoms with van der Waals surface area (Å²) >= 11 is 0. The number of fused-ring (bicyclic) bond motifs is 1. The molecule has 0 amide bonds. The SMILES string of the molecule is COc1cc2c(cc1CNC(C)CN(C)C)OC(C)C2. The van der Waals surface area contributed by atoms with Crippen LogP contribution in [0.5, 0.6) is 11.5 Å². The minimum absolute atomic E-state index is 0.269. The molecule has 0 bridgehead atoms. The van der Waals surface area contributed by atoms with Crippen LogP contribution in [-0.2, 0) is 13.0 Å². The molecule has 1 aromatic rings. The average Bonchev–Trinajstić information content (AvgIpc) is 2.73. The fraction of sp³-hybridized carbons (Fsp3) is 0.625. The van der Waals surface area contributed by atoms with Gasteiger partial charge in [-0.1, -0.05) is 0 Å². The first-order chi connectivity index (χ1) is 9.49. The van der Waals surface area contributed by atoms with Crippen LogP contribution in [-0.4, -0.2) is 44.8 Å². The van der Waals surface area contributed by atoms with Crippen LogP contribution in [0.2, 0.25) is 0 Å². The van der Waals surface area contributed by atoms with E-state index in [1.165, 1.54) is 5.56 Å². The van der Waals surface area contributed by atoms with Crippen LogP contribution in [0.1, 0.15) is 25.0 Å². The maximum absolute atomic E-state index is 5.83. The van der Waals surface area contributed by atoms with E-state index in [4.69, 9.17) is 9.47 Å². The molecule has 0 aromatic heterocycles. The van der Waals surface area contributed by atoms with Crippen molar-refractivity contribution in [2.45, 2.75) is 39.0 Å². The van der Waals surface area contributed by atoms with Crippen LogP contribution in [0.15, 0.2) is 12.1 Å². The smallest absolute Gasteiger partial charge is 0.123 e. The van der Waals surface area contributed by atoms with Gasteiger partial charge in [0, 0.05) is 36.7 Å². The molecule has 0 saturated heterocycles. The zero-order valence-corrected chi connectivity index (χ0v) is 13.2. The summed E-state index contributed by atoms with van der Waals surface area (Å²) in [5, 5.41) is 3.53. The van der Waals surface area contributed by atoms with E-state index >= 15 is 0 Å². The first kappa shape index (κ1) is 15.1. The van der Waals surface area contributed by atoms with Gasteiger partial charge in [0.05, 0.1) is 7.11 Å². The van der Waals surface area contributed by atoms with E-state index in [2.05, 4.69) is 50.3 Å². The molecule has 1 N–H and O–H groups in total. The minimum atomic E-state index is 0.269. The molecule has 0 saturated carbocycles. The Balaban J connectivity index is 2.06. The number of benzene rings is 1. The number of rotatable bonds is 6. The zero-order chi connectivity index (χ0) is 14.7. The van der Waals surface area contributed by atoms with E-state index in [9.17, 15) is 0 Å². The first-order valence-corrected chi connectivity index (χ1v) is 7.24. The molecule has 1 aromatic carbocycles. The van der Waals surface area contributed by atoms with Gasteiger partial charge in [-0.25, -0.2) is 0 Å². The second-order valence-electron chi connectivity index (χ2n) is 5.95. The second-order valence-corrected chi connectivity index (χ2v) is 5.95. The van der Waals surface area contributed by atoms with Gasteiger partial charge >= 0.3 is 0 Å². The molecule has 1 aliphatic heterocycles. The molecule has 4 heteroatoms. The Kier molecular flexibility index (Phi) is 4.89.